The summed E-state index contributed by atoms with van der Waals surface area (Å²) in [6, 6.07) is 23.3. The molecule has 0 heterocycles. The van der Waals surface area contributed by atoms with E-state index in [1.165, 1.54) is 18.2 Å². The van der Waals surface area contributed by atoms with Crippen LogP contribution in [0.1, 0.15) is 33.1 Å². The third-order valence-corrected chi connectivity index (χ3v) is 4.10. The molecule has 0 aliphatic rings. The van der Waals surface area contributed by atoms with Crippen molar-refractivity contribution >= 4 is 5.91 Å². The summed E-state index contributed by atoms with van der Waals surface area (Å²) in [6.45, 7) is -2.90. The highest BCUT2D eigenvalue weighted by molar-refractivity contribution is 5.95. The number of nitriles is 1. The van der Waals surface area contributed by atoms with Crippen LogP contribution < -0.4 is 10.1 Å². The van der Waals surface area contributed by atoms with Crippen molar-refractivity contribution in [1.82, 2.24) is 5.32 Å². The molecule has 0 saturated carbocycles. The van der Waals surface area contributed by atoms with Crippen molar-refractivity contribution in [3.05, 3.63) is 101 Å². The second kappa shape index (κ2) is 8.78. The predicted octanol–water partition coefficient (Wildman–Crippen LogP) is 4.68. The van der Waals surface area contributed by atoms with E-state index in [0.717, 1.165) is 5.56 Å². The number of nitrogens with zero attached hydrogens (tertiary/aromatic N) is 1. The van der Waals surface area contributed by atoms with Gasteiger partial charge in [0.1, 0.15) is 5.75 Å². The number of carbonyl (C=O) groups excluding carboxylic acids is 1. The lowest BCUT2D eigenvalue weighted by atomic mass is 9.98. The van der Waals surface area contributed by atoms with E-state index < -0.39 is 12.7 Å². The van der Waals surface area contributed by atoms with Gasteiger partial charge in [0.2, 0.25) is 0 Å². The number of ether oxygens (including phenoxy) is 1. The van der Waals surface area contributed by atoms with Crippen LogP contribution in [0.25, 0.3) is 0 Å². The average Bonchev–Trinajstić information content (AvgIpc) is 2.73. The van der Waals surface area contributed by atoms with Crippen molar-refractivity contribution in [2.24, 2.45) is 0 Å². The molecule has 1 amide bonds. The van der Waals surface area contributed by atoms with Crippen LogP contribution in [0.15, 0.2) is 78.9 Å². The van der Waals surface area contributed by atoms with E-state index >= 15 is 0 Å². The normalized spacial score (nSPS) is 11.5. The summed E-state index contributed by atoms with van der Waals surface area (Å²) < 4.78 is 29.1. The average molecular weight is 378 g/mol. The molecule has 3 aromatic carbocycles. The lowest BCUT2D eigenvalue weighted by Gasteiger charge is -2.20. The molecule has 0 bridgehead atoms. The van der Waals surface area contributed by atoms with Crippen LogP contribution in [0.3, 0.4) is 0 Å². The maximum Gasteiger partial charge on any atom is 0.387 e. The SMILES string of the molecule is N#Cc1cccc(C(=O)N[C@H](c2ccccc2)c2ccc(OC(F)F)cc2)c1. The number of hydrogen-bond donors (Lipinski definition) is 1. The zero-order chi connectivity index (χ0) is 19.9. The Balaban J connectivity index is 1.89. The summed E-state index contributed by atoms with van der Waals surface area (Å²) >= 11 is 0. The summed E-state index contributed by atoms with van der Waals surface area (Å²) in [6.07, 6.45) is 0. The van der Waals surface area contributed by atoms with E-state index in [-0.39, 0.29) is 11.7 Å². The maximum atomic E-state index is 12.7. The molecule has 0 spiro atoms. The van der Waals surface area contributed by atoms with E-state index in [1.807, 2.05) is 36.4 Å². The van der Waals surface area contributed by atoms with E-state index in [0.29, 0.717) is 16.7 Å². The third kappa shape index (κ3) is 4.71. The molecule has 0 aliphatic carbocycles. The van der Waals surface area contributed by atoms with Crippen LogP contribution in [0.5, 0.6) is 5.75 Å². The van der Waals surface area contributed by atoms with Crippen molar-refractivity contribution in [2.45, 2.75) is 12.7 Å². The van der Waals surface area contributed by atoms with Gasteiger partial charge in [-0.25, -0.2) is 0 Å². The summed E-state index contributed by atoms with van der Waals surface area (Å²) in [5.41, 5.74) is 2.28. The first-order chi connectivity index (χ1) is 13.6. The molecule has 0 fully saturated rings. The lowest BCUT2D eigenvalue weighted by Crippen LogP contribution is -2.29. The second-order valence-electron chi connectivity index (χ2n) is 5.96. The number of alkyl halides is 2. The van der Waals surface area contributed by atoms with Crippen LogP contribution in [0, 0.1) is 11.3 Å². The van der Waals surface area contributed by atoms with Crippen molar-refractivity contribution < 1.29 is 18.3 Å². The fraction of sp³-hybridized carbons (Fsp3) is 0.0909. The molecule has 3 rings (SSSR count). The van der Waals surface area contributed by atoms with E-state index in [2.05, 4.69) is 10.1 Å². The number of amides is 1. The Kier molecular flexibility index (Phi) is 5.97. The number of halogens is 2. The number of carbonyl (C=O) groups is 1. The first-order valence-electron chi connectivity index (χ1n) is 8.47. The number of nitrogens with one attached hydrogen (secondary N) is 1. The molecule has 6 heteroatoms. The first-order valence-corrected chi connectivity index (χ1v) is 8.47. The van der Waals surface area contributed by atoms with Gasteiger partial charge in [0.05, 0.1) is 17.7 Å². The van der Waals surface area contributed by atoms with Crippen molar-refractivity contribution in [2.75, 3.05) is 0 Å². The predicted molar refractivity (Wildman–Crippen MR) is 100.0 cm³/mol. The monoisotopic (exact) mass is 378 g/mol. The molecule has 0 radical (unpaired) electrons. The molecular formula is C22H16F2N2O2. The van der Waals surface area contributed by atoms with Gasteiger partial charge in [-0.2, -0.15) is 14.0 Å². The number of hydrogen-bond acceptors (Lipinski definition) is 3. The van der Waals surface area contributed by atoms with Gasteiger partial charge in [-0.15, -0.1) is 0 Å². The largest absolute Gasteiger partial charge is 0.435 e. The van der Waals surface area contributed by atoms with Crippen LogP contribution in [0.4, 0.5) is 8.78 Å². The third-order valence-electron chi connectivity index (χ3n) is 4.10. The molecule has 140 valence electrons. The Labute approximate surface area is 161 Å². The summed E-state index contributed by atoms with van der Waals surface area (Å²) in [7, 11) is 0. The molecule has 28 heavy (non-hydrogen) atoms. The first kappa shape index (κ1) is 19.1. The van der Waals surface area contributed by atoms with Gasteiger partial charge in [0.25, 0.3) is 5.91 Å². The quantitative estimate of drug-likeness (QED) is 0.677. The molecule has 1 atom stereocenters. The van der Waals surface area contributed by atoms with Gasteiger partial charge in [-0.3, -0.25) is 4.79 Å². The fourth-order valence-electron chi connectivity index (χ4n) is 2.79. The van der Waals surface area contributed by atoms with Crippen LogP contribution in [0.2, 0.25) is 0 Å². The molecule has 0 aliphatic heterocycles. The van der Waals surface area contributed by atoms with Gasteiger partial charge >= 0.3 is 6.61 Å². The Morgan fingerprint density at radius 2 is 1.61 bits per heavy atom. The zero-order valence-corrected chi connectivity index (χ0v) is 14.7. The summed E-state index contributed by atoms with van der Waals surface area (Å²) in [4.78, 5) is 12.7. The minimum Gasteiger partial charge on any atom is -0.435 e. The van der Waals surface area contributed by atoms with Gasteiger partial charge in [-0.1, -0.05) is 48.5 Å². The Morgan fingerprint density at radius 1 is 0.929 bits per heavy atom. The Morgan fingerprint density at radius 3 is 2.25 bits per heavy atom. The topological polar surface area (TPSA) is 62.1 Å². The number of rotatable bonds is 6. The molecular weight excluding hydrogens is 362 g/mol. The van der Waals surface area contributed by atoms with E-state index in [4.69, 9.17) is 5.26 Å². The zero-order valence-electron chi connectivity index (χ0n) is 14.7. The molecule has 4 nitrogen and oxygen atoms in total. The highest BCUT2D eigenvalue weighted by Crippen LogP contribution is 2.25. The second-order valence-corrected chi connectivity index (χ2v) is 5.96. The van der Waals surface area contributed by atoms with Crippen LogP contribution in [-0.2, 0) is 0 Å². The lowest BCUT2D eigenvalue weighted by molar-refractivity contribution is -0.0498. The summed E-state index contributed by atoms with van der Waals surface area (Å²) in [5, 5.41) is 12.0. The highest BCUT2D eigenvalue weighted by Gasteiger charge is 2.18. The van der Waals surface area contributed by atoms with Gasteiger partial charge in [0.15, 0.2) is 0 Å². The minimum atomic E-state index is -2.90. The number of benzene rings is 3. The van der Waals surface area contributed by atoms with Gasteiger partial charge < -0.3 is 10.1 Å². The van der Waals surface area contributed by atoms with E-state index in [1.54, 1.807) is 30.3 Å². The van der Waals surface area contributed by atoms with Crippen LogP contribution in [-0.4, -0.2) is 12.5 Å². The minimum absolute atomic E-state index is 0.0404. The van der Waals surface area contributed by atoms with Crippen molar-refractivity contribution in [3.8, 4) is 11.8 Å². The van der Waals surface area contributed by atoms with Gasteiger partial charge in [-0.05, 0) is 41.5 Å². The van der Waals surface area contributed by atoms with Crippen molar-refractivity contribution in [1.29, 1.82) is 5.26 Å². The maximum absolute atomic E-state index is 12.7. The van der Waals surface area contributed by atoms with E-state index in [9.17, 15) is 13.6 Å². The summed E-state index contributed by atoms with van der Waals surface area (Å²) in [5.74, 6) is -0.308. The van der Waals surface area contributed by atoms with Crippen molar-refractivity contribution in [3.63, 3.8) is 0 Å². The molecule has 3 aromatic rings. The molecule has 0 saturated heterocycles. The van der Waals surface area contributed by atoms with Gasteiger partial charge in [0, 0.05) is 5.56 Å². The Hall–Kier alpha value is -3.72. The Bertz CT molecular complexity index is 983. The van der Waals surface area contributed by atoms with Crippen LogP contribution >= 0.6 is 0 Å². The molecule has 0 aromatic heterocycles. The fourth-order valence-corrected chi connectivity index (χ4v) is 2.79. The highest BCUT2D eigenvalue weighted by atomic mass is 19.3. The molecule has 1 N–H and O–H groups in total. The molecule has 0 unspecified atom stereocenters. The smallest absolute Gasteiger partial charge is 0.387 e. The standard InChI is InChI=1S/C22H16F2N2O2/c23-22(24)28-19-11-9-17(10-12-19)20(16-6-2-1-3-7-16)26-21(27)18-8-4-5-15(13-18)14-25/h1-13,20,22H,(H,26,27)/t20-/m1/s1.